The number of carbonyl (C=O) groups is 2. The maximum atomic E-state index is 13.4. The molecule has 34 heavy (non-hydrogen) atoms. The van der Waals surface area contributed by atoms with Gasteiger partial charge in [-0.25, -0.2) is 0 Å². The van der Waals surface area contributed by atoms with Gasteiger partial charge in [-0.2, -0.15) is 0 Å². The number of likely N-dealkylation sites (tertiary alicyclic amines) is 1. The van der Waals surface area contributed by atoms with Crippen molar-refractivity contribution in [1.82, 2.24) is 15.5 Å². The molecule has 2 amide bonds. The lowest BCUT2D eigenvalue weighted by Gasteiger charge is -2.50. The molecule has 0 aromatic heterocycles. The second kappa shape index (κ2) is 10.3. The second-order valence-electron chi connectivity index (χ2n) is 11.4. The van der Waals surface area contributed by atoms with E-state index in [9.17, 15) is 22.8 Å². The van der Waals surface area contributed by atoms with Gasteiger partial charge in [0, 0.05) is 43.6 Å². The molecular weight excluding hydrogens is 447 g/mol. The number of amides is 2. The Labute approximate surface area is 200 Å². The van der Waals surface area contributed by atoms with Crippen molar-refractivity contribution in [1.29, 1.82) is 0 Å². The van der Waals surface area contributed by atoms with Crippen LogP contribution in [0.15, 0.2) is 0 Å². The number of halogens is 3. The van der Waals surface area contributed by atoms with Crippen LogP contribution in [0, 0.1) is 29.6 Å². The molecule has 2 N–H and O–H groups in total. The zero-order chi connectivity index (χ0) is 24.6. The molecule has 0 bridgehead atoms. The Bertz CT molecular complexity index is 749. The smallest absolute Gasteiger partial charge is 0.353 e. The highest BCUT2D eigenvalue weighted by Crippen LogP contribution is 2.43. The molecule has 2 saturated heterocycles. The predicted octanol–water partition coefficient (Wildman–Crippen LogP) is 3.85. The van der Waals surface area contributed by atoms with E-state index in [1.807, 2.05) is 11.9 Å². The van der Waals surface area contributed by atoms with E-state index in [1.54, 1.807) is 0 Å². The van der Waals surface area contributed by atoms with E-state index in [-0.39, 0.29) is 36.1 Å². The minimum Gasteiger partial charge on any atom is -0.353 e. The maximum Gasteiger partial charge on any atom is 0.522 e. The lowest BCUT2D eigenvalue weighted by atomic mass is 9.65. The average molecular weight is 488 g/mol. The molecular formula is C25H40F3N3O3. The molecule has 9 heteroatoms. The molecule has 194 valence electrons. The Hall–Kier alpha value is -1.35. The van der Waals surface area contributed by atoms with Crippen molar-refractivity contribution in [2.24, 2.45) is 29.6 Å². The number of rotatable bonds is 4. The highest BCUT2D eigenvalue weighted by atomic mass is 19.4. The molecule has 6 nitrogen and oxygen atoms in total. The van der Waals surface area contributed by atoms with Crippen LogP contribution in [0.1, 0.15) is 71.6 Å². The van der Waals surface area contributed by atoms with Gasteiger partial charge >= 0.3 is 6.36 Å². The Morgan fingerprint density at radius 2 is 1.85 bits per heavy atom. The van der Waals surface area contributed by atoms with Crippen LogP contribution < -0.4 is 10.6 Å². The van der Waals surface area contributed by atoms with Crippen LogP contribution in [0.5, 0.6) is 0 Å². The Morgan fingerprint density at radius 3 is 2.59 bits per heavy atom. The summed E-state index contributed by atoms with van der Waals surface area (Å²) in [5.41, 5.74) is 0. The first kappa shape index (κ1) is 25.7. The van der Waals surface area contributed by atoms with Gasteiger partial charge in [-0.1, -0.05) is 13.3 Å². The summed E-state index contributed by atoms with van der Waals surface area (Å²) in [4.78, 5) is 28.3. The second-order valence-corrected chi connectivity index (χ2v) is 11.4. The molecule has 2 aliphatic heterocycles. The molecule has 9 unspecified atom stereocenters. The molecule has 9 atom stereocenters. The number of carbonyl (C=O) groups excluding carboxylic acids is 2. The van der Waals surface area contributed by atoms with Crippen LogP contribution >= 0.6 is 0 Å². The number of nitrogens with zero attached hydrogens (tertiary/aromatic N) is 1. The third-order valence-corrected chi connectivity index (χ3v) is 9.01. The first-order chi connectivity index (χ1) is 16.0. The van der Waals surface area contributed by atoms with Crippen molar-refractivity contribution in [2.45, 2.75) is 102 Å². The first-order valence-corrected chi connectivity index (χ1v) is 13.1. The van der Waals surface area contributed by atoms with Crippen molar-refractivity contribution >= 4 is 11.8 Å². The summed E-state index contributed by atoms with van der Waals surface area (Å²) < 4.78 is 42.1. The summed E-state index contributed by atoms with van der Waals surface area (Å²) in [5, 5.41) is 6.70. The van der Waals surface area contributed by atoms with E-state index >= 15 is 0 Å². The summed E-state index contributed by atoms with van der Waals surface area (Å²) in [6.45, 7) is 5.31. The number of fused-ring (bicyclic) bond motifs is 1. The number of hydrogen-bond acceptors (Lipinski definition) is 4. The van der Waals surface area contributed by atoms with Crippen LogP contribution in [-0.4, -0.2) is 60.9 Å². The number of hydrogen-bond donors (Lipinski definition) is 2. The van der Waals surface area contributed by atoms with Crippen molar-refractivity contribution in [3.8, 4) is 0 Å². The third-order valence-electron chi connectivity index (χ3n) is 9.01. The highest BCUT2D eigenvalue weighted by Gasteiger charge is 2.47. The van der Waals surface area contributed by atoms with Gasteiger partial charge in [0.05, 0.1) is 6.10 Å². The standard InChI is InChI=1S/C25H40F3N3O3/c1-14-7-8-18(30-23(32)16-5-4-6-19(10-16)34-25(26,27)28)12-20(14)21-11-17-13-29-15(2)9-22(17)31(3)24(21)33/h14-22,29H,4-13H2,1-3H3,(H,30,32). The van der Waals surface area contributed by atoms with E-state index in [0.717, 1.165) is 38.6 Å². The van der Waals surface area contributed by atoms with Crippen LogP contribution in [-0.2, 0) is 14.3 Å². The van der Waals surface area contributed by atoms with E-state index in [4.69, 9.17) is 0 Å². The lowest BCUT2D eigenvalue weighted by molar-refractivity contribution is -0.346. The third kappa shape index (κ3) is 5.89. The molecule has 2 aliphatic carbocycles. The van der Waals surface area contributed by atoms with Crippen LogP contribution in [0.4, 0.5) is 13.2 Å². The van der Waals surface area contributed by atoms with Crippen LogP contribution in [0.25, 0.3) is 0 Å². The van der Waals surface area contributed by atoms with Gasteiger partial charge in [-0.05, 0) is 76.0 Å². The fraction of sp³-hybridized carbons (Fsp3) is 0.920. The zero-order valence-electron chi connectivity index (χ0n) is 20.6. The van der Waals surface area contributed by atoms with Gasteiger partial charge in [0.15, 0.2) is 0 Å². The monoisotopic (exact) mass is 487 g/mol. The summed E-state index contributed by atoms with van der Waals surface area (Å²) in [5.74, 6) is 0.667. The summed E-state index contributed by atoms with van der Waals surface area (Å²) in [7, 11) is 1.94. The van der Waals surface area contributed by atoms with Crippen LogP contribution in [0.2, 0.25) is 0 Å². The zero-order valence-corrected chi connectivity index (χ0v) is 20.6. The Kier molecular flexibility index (Phi) is 7.82. The van der Waals surface area contributed by atoms with Crippen molar-refractivity contribution < 1.29 is 27.5 Å². The van der Waals surface area contributed by atoms with Gasteiger partial charge in [-0.15, -0.1) is 13.2 Å². The molecule has 0 aromatic rings. The largest absolute Gasteiger partial charge is 0.522 e. The predicted molar refractivity (Wildman–Crippen MR) is 122 cm³/mol. The van der Waals surface area contributed by atoms with E-state index < -0.39 is 18.4 Å². The molecule has 2 saturated carbocycles. The molecule has 4 rings (SSSR count). The number of piperidine rings is 2. The van der Waals surface area contributed by atoms with Gasteiger partial charge in [0.1, 0.15) is 0 Å². The summed E-state index contributed by atoms with van der Waals surface area (Å²) in [6, 6.07) is 0.688. The van der Waals surface area contributed by atoms with Gasteiger partial charge in [0.2, 0.25) is 11.8 Å². The molecule has 4 aliphatic rings. The first-order valence-electron chi connectivity index (χ1n) is 13.1. The van der Waals surface area contributed by atoms with Crippen molar-refractivity contribution in [3.63, 3.8) is 0 Å². The van der Waals surface area contributed by atoms with Gasteiger partial charge in [-0.3, -0.25) is 14.3 Å². The molecule has 0 aromatic carbocycles. The number of nitrogens with one attached hydrogen (secondary N) is 2. The quantitative estimate of drug-likeness (QED) is 0.632. The normalized spacial score (nSPS) is 41.6. The molecule has 2 heterocycles. The minimum absolute atomic E-state index is 0.0297. The van der Waals surface area contributed by atoms with E-state index in [0.29, 0.717) is 43.2 Å². The minimum atomic E-state index is -4.67. The molecule has 0 radical (unpaired) electrons. The topological polar surface area (TPSA) is 70.7 Å². The maximum absolute atomic E-state index is 13.4. The SMILES string of the molecule is CC1CC2C(CN1)CC(C1CC(NC(=O)C3CCCC(OC(F)(F)F)C3)CCC1C)C(=O)N2C. The van der Waals surface area contributed by atoms with Gasteiger partial charge in [0.25, 0.3) is 0 Å². The van der Waals surface area contributed by atoms with E-state index in [2.05, 4.69) is 29.2 Å². The lowest BCUT2D eigenvalue weighted by Crippen LogP contribution is -2.60. The van der Waals surface area contributed by atoms with Crippen molar-refractivity contribution in [3.05, 3.63) is 0 Å². The molecule has 0 spiro atoms. The Balaban J connectivity index is 1.36. The highest BCUT2D eigenvalue weighted by molar-refractivity contribution is 5.80. The molecule has 4 fully saturated rings. The van der Waals surface area contributed by atoms with Crippen molar-refractivity contribution in [2.75, 3.05) is 13.6 Å². The summed E-state index contributed by atoms with van der Waals surface area (Å²) in [6.07, 6.45) is 0.404. The van der Waals surface area contributed by atoms with Gasteiger partial charge < -0.3 is 15.5 Å². The number of ether oxygens (including phenoxy) is 1. The fourth-order valence-electron chi connectivity index (χ4n) is 7.10. The Morgan fingerprint density at radius 1 is 1.09 bits per heavy atom. The number of alkyl halides is 3. The average Bonchev–Trinajstić information content (AvgIpc) is 2.77. The van der Waals surface area contributed by atoms with E-state index in [1.165, 1.54) is 0 Å². The van der Waals surface area contributed by atoms with Crippen LogP contribution in [0.3, 0.4) is 0 Å². The summed E-state index contributed by atoms with van der Waals surface area (Å²) >= 11 is 0. The fourth-order valence-corrected chi connectivity index (χ4v) is 7.10.